The van der Waals surface area contributed by atoms with E-state index in [1.165, 1.54) is 0 Å². The van der Waals surface area contributed by atoms with Gasteiger partial charge in [-0.15, -0.1) is 0 Å². The molecule has 6 N–H and O–H groups in total. The number of fused-ring (bicyclic) bond motifs is 2. The molecule has 18 nitrogen and oxygen atoms in total. The minimum absolute atomic E-state index is 0.145. The van der Waals surface area contributed by atoms with Crippen molar-refractivity contribution in [2.24, 2.45) is 0 Å². The van der Waals surface area contributed by atoms with Gasteiger partial charge in [0.05, 0.1) is 11.4 Å². The second-order valence-electron chi connectivity index (χ2n) is 10.5. The standard InChI is InChI=1S/C28H42N6O12S2/c1-32-7-9-33(21(25(39)40)5-11-47-27(43)29-17-45-15-23(35)36)13-19-3-2-4-20(31-19)14-34(10-8-32)22(26(41)42)6-12-48-28(44)30-18-46-16-24(37)38/h2-4,21-22H,5-18H2,1H3,(H,29,43)(H,30,44)(H,35,36)(H,37,38)(H,39,40)(H,41,42). The summed E-state index contributed by atoms with van der Waals surface area (Å²) in [6, 6.07) is 3.44. The molecule has 2 rings (SSSR count). The lowest BCUT2D eigenvalue weighted by Crippen LogP contribution is -2.48. The topological polar surface area (TPSA) is 248 Å². The molecule has 2 bridgehead atoms. The summed E-state index contributed by atoms with van der Waals surface area (Å²) in [5.41, 5.74) is 1.18. The summed E-state index contributed by atoms with van der Waals surface area (Å²) in [6.45, 7) is 0.340. The summed E-state index contributed by atoms with van der Waals surface area (Å²) in [4.78, 5) is 80.1. The SMILES string of the molecule is CN1CCN(C(CCSC(=O)NCOCC(=O)O)C(=O)O)Cc2cccc(n2)CN(C(CCSC(=O)NCOCC(=O)O)C(=O)O)CC1. The van der Waals surface area contributed by atoms with Gasteiger partial charge in [0.15, 0.2) is 0 Å². The Morgan fingerprint density at radius 1 is 0.750 bits per heavy atom. The van der Waals surface area contributed by atoms with E-state index in [9.17, 15) is 39.0 Å². The highest BCUT2D eigenvalue weighted by Crippen LogP contribution is 2.18. The van der Waals surface area contributed by atoms with Crippen molar-refractivity contribution in [2.45, 2.75) is 38.0 Å². The van der Waals surface area contributed by atoms with Crippen LogP contribution in [0.15, 0.2) is 18.2 Å². The van der Waals surface area contributed by atoms with E-state index >= 15 is 0 Å². The van der Waals surface area contributed by atoms with Crippen molar-refractivity contribution in [1.82, 2.24) is 30.3 Å². The number of amides is 2. The molecule has 2 unspecified atom stereocenters. The van der Waals surface area contributed by atoms with Crippen LogP contribution in [-0.4, -0.2) is 158 Å². The Bertz CT molecular complexity index is 1160. The van der Waals surface area contributed by atoms with Crippen molar-refractivity contribution in [2.75, 3.05) is 71.4 Å². The van der Waals surface area contributed by atoms with Gasteiger partial charge in [0.25, 0.3) is 10.5 Å². The van der Waals surface area contributed by atoms with E-state index in [-0.39, 0.29) is 50.9 Å². The molecule has 0 saturated heterocycles. The number of carbonyl (C=O) groups is 6. The minimum Gasteiger partial charge on any atom is -0.480 e. The molecule has 20 heteroatoms. The Kier molecular flexibility index (Phi) is 18.8. The molecule has 1 aliphatic heterocycles. The molecule has 0 radical (unpaired) electrons. The third-order valence-corrected chi connectivity index (χ3v) is 8.61. The highest BCUT2D eigenvalue weighted by molar-refractivity contribution is 8.13. The van der Waals surface area contributed by atoms with Gasteiger partial charge in [-0.1, -0.05) is 29.6 Å². The Labute approximate surface area is 285 Å². The maximum absolute atomic E-state index is 12.4. The van der Waals surface area contributed by atoms with Gasteiger partial charge in [0.1, 0.15) is 38.8 Å². The molecule has 0 aliphatic carbocycles. The number of likely N-dealkylation sites (N-methyl/N-ethyl adjacent to an activating group) is 1. The molecule has 1 aliphatic rings. The average Bonchev–Trinajstić information content (AvgIpc) is 3.01. The fourth-order valence-corrected chi connectivity index (χ4v) is 5.95. The molecule has 0 saturated carbocycles. The molecule has 1 aromatic rings. The van der Waals surface area contributed by atoms with E-state index in [1.54, 1.807) is 28.0 Å². The number of aliphatic carboxylic acids is 4. The first-order valence-electron chi connectivity index (χ1n) is 14.8. The molecule has 2 amide bonds. The number of nitrogens with one attached hydrogen (secondary N) is 2. The summed E-state index contributed by atoms with van der Waals surface area (Å²) < 4.78 is 9.56. The summed E-state index contributed by atoms with van der Waals surface area (Å²) in [6.07, 6.45) is 0.290. The van der Waals surface area contributed by atoms with Crippen molar-refractivity contribution < 1.29 is 58.7 Å². The Morgan fingerprint density at radius 3 is 1.54 bits per heavy atom. The quantitative estimate of drug-likeness (QED) is 0.0883. The zero-order chi connectivity index (χ0) is 35.5. The fourth-order valence-electron chi connectivity index (χ4n) is 4.57. The molecule has 0 aromatic carbocycles. The number of pyridine rings is 1. The third kappa shape index (κ3) is 16.5. The first-order chi connectivity index (χ1) is 22.8. The molecule has 48 heavy (non-hydrogen) atoms. The molecular weight excluding hydrogens is 676 g/mol. The van der Waals surface area contributed by atoms with E-state index in [2.05, 4.69) is 10.6 Å². The smallest absolute Gasteiger partial charge is 0.329 e. The molecule has 2 atom stereocenters. The first-order valence-corrected chi connectivity index (χ1v) is 16.8. The van der Waals surface area contributed by atoms with Crippen LogP contribution in [0.5, 0.6) is 0 Å². The number of nitrogens with zero attached hydrogens (tertiary/aromatic N) is 4. The fraction of sp³-hybridized carbons (Fsp3) is 0.607. The molecular formula is C28H42N6O12S2. The monoisotopic (exact) mass is 718 g/mol. The van der Waals surface area contributed by atoms with Crippen LogP contribution >= 0.6 is 23.5 Å². The van der Waals surface area contributed by atoms with Crippen molar-refractivity contribution in [3.8, 4) is 0 Å². The van der Waals surface area contributed by atoms with E-state index in [1.807, 2.05) is 11.9 Å². The number of carbonyl (C=O) groups excluding carboxylic acids is 2. The van der Waals surface area contributed by atoms with Crippen LogP contribution in [0.3, 0.4) is 0 Å². The highest BCUT2D eigenvalue weighted by Gasteiger charge is 2.29. The predicted molar refractivity (Wildman–Crippen MR) is 174 cm³/mol. The predicted octanol–water partition coefficient (Wildman–Crippen LogP) is 0.321. The molecule has 2 heterocycles. The van der Waals surface area contributed by atoms with Gasteiger partial charge in [-0.2, -0.15) is 0 Å². The van der Waals surface area contributed by atoms with E-state index in [0.717, 1.165) is 23.5 Å². The minimum atomic E-state index is -1.17. The van der Waals surface area contributed by atoms with Crippen molar-refractivity contribution in [3.63, 3.8) is 0 Å². The molecule has 1 aromatic heterocycles. The largest absolute Gasteiger partial charge is 0.480 e. The first kappa shape index (κ1) is 40.6. The summed E-state index contributed by atoms with van der Waals surface area (Å²) in [7, 11) is 1.85. The lowest BCUT2D eigenvalue weighted by atomic mass is 10.1. The van der Waals surface area contributed by atoms with Gasteiger partial charge in [0, 0.05) is 50.8 Å². The van der Waals surface area contributed by atoms with Crippen LogP contribution < -0.4 is 10.6 Å². The van der Waals surface area contributed by atoms with E-state index < -0.39 is 59.7 Å². The van der Waals surface area contributed by atoms with Crippen LogP contribution in [-0.2, 0) is 41.7 Å². The van der Waals surface area contributed by atoms with Crippen molar-refractivity contribution in [1.29, 1.82) is 0 Å². The number of thioether (sulfide) groups is 2. The average molecular weight is 719 g/mol. The van der Waals surface area contributed by atoms with E-state index in [4.69, 9.17) is 24.7 Å². The van der Waals surface area contributed by atoms with Gasteiger partial charge >= 0.3 is 23.9 Å². The Hall–Kier alpha value is -3.53. The van der Waals surface area contributed by atoms with Gasteiger partial charge in [-0.05, 0) is 32.0 Å². The lowest BCUT2D eigenvalue weighted by Gasteiger charge is -2.33. The van der Waals surface area contributed by atoms with Crippen LogP contribution in [0.25, 0.3) is 0 Å². The molecule has 0 fully saturated rings. The van der Waals surface area contributed by atoms with Gasteiger partial charge in [-0.25, -0.2) is 9.59 Å². The number of hydrogen-bond acceptors (Lipinski definition) is 14. The zero-order valence-electron chi connectivity index (χ0n) is 26.4. The van der Waals surface area contributed by atoms with Gasteiger partial charge in [-0.3, -0.25) is 34.0 Å². The van der Waals surface area contributed by atoms with Crippen molar-refractivity contribution >= 4 is 57.9 Å². The highest BCUT2D eigenvalue weighted by atomic mass is 32.2. The third-order valence-electron chi connectivity index (χ3n) is 6.92. The number of ether oxygens (including phenoxy) is 2. The zero-order valence-corrected chi connectivity index (χ0v) is 28.1. The maximum atomic E-state index is 12.4. The van der Waals surface area contributed by atoms with Crippen LogP contribution in [0.4, 0.5) is 9.59 Å². The second-order valence-corrected chi connectivity index (χ2v) is 12.7. The summed E-state index contributed by atoms with van der Waals surface area (Å²) >= 11 is 1.74. The van der Waals surface area contributed by atoms with Crippen LogP contribution in [0, 0.1) is 0 Å². The maximum Gasteiger partial charge on any atom is 0.329 e. The van der Waals surface area contributed by atoms with Crippen LogP contribution in [0.2, 0.25) is 0 Å². The molecule has 268 valence electrons. The second kappa shape index (κ2) is 22.2. The number of carboxylic acids is 4. The Balaban J connectivity index is 2.06. The summed E-state index contributed by atoms with van der Waals surface area (Å²) in [5, 5.41) is 41.2. The van der Waals surface area contributed by atoms with Gasteiger partial charge in [0.2, 0.25) is 0 Å². The Morgan fingerprint density at radius 2 is 1.17 bits per heavy atom. The number of aromatic nitrogens is 1. The summed E-state index contributed by atoms with van der Waals surface area (Å²) in [5.74, 6) is -4.07. The van der Waals surface area contributed by atoms with Crippen molar-refractivity contribution in [3.05, 3.63) is 29.6 Å². The number of carboxylic acid groups (broad SMARTS) is 4. The number of hydrogen-bond donors (Lipinski definition) is 6. The lowest BCUT2D eigenvalue weighted by molar-refractivity contribution is -0.144. The normalized spacial score (nSPS) is 16.1. The van der Waals surface area contributed by atoms with Crippen LogP contribution in [0.1, 0.15) is 24.2 Å². The van der Waals surface area contributed by atoms with E-state index in [0.29, 0.717) is 37.6 Å². The van der Waals surface area contributed by atoms with Gasteiger partial charge < -0.3 is 45.4 Å². The molecule has 0 spiro atoms. The number of rotatable bonds is 18.